The molecule has 1 aliphatic heterocycles. The van der Waals surface area contributed by atoms with Crippen LogP contribution in [0.2, 0.25) is 0 Å². The van der Waals surface area contributed by atoms with Crippen molar-refractivity contribution >= 4 is 28.8 Å². The van der Waals surface area contributed by atoms with Gasteiger partial charge in [-0.3, -0.25) is 4.79 Å². The lowest BCUT2D eigenvalue weighted by atomic mass is 9.95. The molecule has 1 aromatic rings. The summed E-state index contributed by atoms with van der Waals surface area (Å²) in [5, 5.41) is 0. The third kappa shape index (κ3) is 2.61. The summed E-state index contributed by atoms with van der Waals surface area (Å²) in [6.07, 6.45) is 1.59. The molecule has 1 aliphatic rings. The zero-order valence-electron chi connectivity index (χ0n) is 10.1. The van der Waals surface area contributed by atoms with E-state index in [0.29, 0.717) is 4.99 Å². The van der Waals surface area contributed by atoms with Crippen LogP contribution >= 0.6 is 12.2 Å². The lowest BCUT2D eigenvalue weighted by Gasteiger charge is -2.33. The number of para-hydroxylation sites is 1. The molecule has 1 amide bonds. The summed E-state index contributed by atoms with van der Waals surface area (Å²) >= 11 is 5.06. The molecule has 96 valence electrons. The molecule has 2 rings (SSSR count). The Labute approximate surface area is 112 Å². The minimum atomic E-state index is -0.197. The van der Waals surface area contributed by atoms with Crippen molar-refractivity contribution < 1.29 is 4.79 Å². The van der Waals surface area contributed by atoms with E-state index in [1.807, 2.05) is 24.3 Å². The molecule has 0 bridgehead atoms. The van der Waals surface area contributed by atoms with Crippen molar-refractivity contribution in [1.29, 1.82) is 0 Å². The fourth-order valence-corrected chi connectivity index (χ4v) is 2.54. The Bertz CT molecular complexity index is 467. The van der Waals surface area contributed by atoms with Gasteiger partial charge in [-0.1, -0.05) is 24.4 Å². The van der Waals surface area contributed by atoms with Crippen LogP contribution < -0.4 is 16.4 Å². The summed E-state index contributed by atoms with van der Waals surface area (Å²) in [6.45, 7) is 1.63. The molecule has 1 fully saturated rings. The van der Waals surface area contributed by atoms with E-state index in [0.717, 1.165) is 37.2 Å². The van der Waals surface area contributed by atoms with Crippen LogP contribution in [0.15, 0.2) is 24.3 Å². The number of hydrogen-bond acceptors (Lipinski definition) is 3. The van der Waals surface area contributed by atoms with Crippen molar-refractivity contribution in [1.82, 2.24) is 0 Å². The summed E-state index contributed by atoms with van der Waals surface area (Å²) in [5.41, 5.74) is 13.0. The Morgan fingerprint density at radius 3 is 2.39 bits per heavy atom. The minimum absolute atomic E-state index is 0.00163. The van der Waals surface area contributed by atoms with Crippen molar-refractivity contribution in [3.05, 3.63) is 29.8 Å². The number of benzene rings is 1. The van der Waals surface area contributed by atoms with Crippen LogP contribution in [0.1, 0.15) is 18.4 Å². The van der Waals surface area contributed by atoms with Gasteiger partial charge in [0.25, 0.3) is 0 Å². The Morgan fingerprint density at radius 1 is 1.22 bits per heavy atom. The maximum Gasteiger partial charge on any atom is 0.220 e. The molecule has 0 aromatic heterocycles. The topological polar surface area (TPSA) is 72.4 Å². The Balaban J connectivity index is 2.15. The number of primary amides is 1. The highest BCUT2D eigenvalue weighted by Gasteiger charge is 2.24. The molecule has 18 heavy (non-hydrogen) atoms. The number of carbonyl (C=O) groups excluding carboxylic acids is 1. The molecule has 0 unspecified atom stereocenters. The highest BCUT2D eigenvalue weighted by Crippen LogP contribution is 2.26. The zero-order chi connectivity index (χ0) is 13.1. The van der Waals surface area contributed by atoms with Crippen LogP contribution in [0.5, 0.6) is 0 Å². The number of anilines is 1. The van der Waals surface area contributed by atoms with E-state index < -0.39 is 0 Å². The van der Waals surface area contributed by atoms with E-state index >= 15 is 0 Å². The van der Waals surface area contributed by atoms with E-state index in [-0.39, 0.29) is 11.8 Å². The van der Waals surface area contributed by atoms with Crippen molar-refractivity contribution in [2.75, 3.05) is 18.0 Å². The first-order valence-electron chi connectivity index (χ1n) is 6.02. The number of rotatable bonds is 3. The van der Waals surface area contributed by atoms with E-state index in [1.54, 1.807) is 0 Å². The number of nitrogens with zero attached hydrogens (tertiary/aromatic N) is 1. The predicted octanol–water partition coefficient (Wildman–Crippen LogP) is 1.02. The highest BCUT2D eigenvalue weighted by molar-refractivity contribution is 7.80. The molecule has 4 N–H and O–H groups in total. The summed E-state index contributed by atoms with van der Waals surface area (Å²) in [6, 6.07) is 7.84. The van der Waals surface area contributed by atoms with Gasteiger partial charge in [0.2, 0.25) is 5.91 Å². The van der Waals surface area contributed by atoms with E-state index in [2.05, 4.69) is 4.90 Å². The largest absolute Gasteiger partial charge is 0.389 e. The third-order valence-corrected chi connectivity index (χ3v) is 3.63. The predicted molar refractivity (Wildman–Crippen MR) is 76.5 cm³/mol. The maximum absolute atomic E-state index is 11.1. The number of hydrogen-bond donors (Lipinski definition) is 2. The number of thiocarbonyl (C=S) groups is 1. The standard InChI is InChI=1S/C13H17N3OS/c14-12(17)9-5-7-16(8-6-9)11-4-2-1-3-10(11)13(15)18/h1-4,9H,5-8H2,(H2,14,17)(H2,15,18). The molecule has 4 nitrogen and oxygen atoms in total. The van der Waals surface area contributed by atoms with E-state index in [4.69, 9.17) is 23.7 Å². The Hall–Kier alpha value is -1.62. The molecule has 0 spiro atoms. The Kier molecular flexibility index (Phi) is 3.81. The van der Waals surface area contributed by atoms with Crippen LogP contribution in [0.3, 0.4) is 0 Å². The molecular weight excluding hydrogens is 246 g/mol. The maximum atomic E-state index is 11.1. The molecule has 0 aliphatic carbocycles. The summed E-state index contributed by atoms with van der Waals surface area (Å²) in [7, 11) is 0. The smallest absolute Gasteiger partial charge is 0.220 e. The van der Waals surface area contributed by atoms with Crippen LogP contribution in [-0.4, -0.2) is 24.0 Å². The first-order chi connectivity index (χ1) is 8.59. The fourth-order valence-electron chi connectivity index (χ4n) is 2.36. The number of amides is 1. The lowest BCUT2D eigenvalue weighted by Crippen LogP contribution is -2.39. The van der Waals surface area contributed by atoms with Gasteiger partial charge in [0.1, 0.15) is 4.99 Å². The second-order valence-electron chi connectivity index (χ2n) is 4.55. The molecule has 0 radical (unpaired) electrons. The Morgan fingerprint density at radius 2 is 1.83 bits per heavy atom. The van der Waals surface area contributed by atoms with Gasteiger partial charge in [0, 0.05) is 30.3 Å². The molecule has 1 heterocycles. The third-order valence-electron chi connectivity index (χ3n) is 3.41. The van der Waals surface area contributed by atoms with Gasteiger partial charge in [0.05, 0.1) is 0 Å². The molecule has 0 atom stereocenters. The summed E-state index contributed by atoms with van der Waals surface area (Å²) in [5.74, 6) is -0.199. The van der Waals surface area contributed by atoms with Crippen molar-refractivity contribution in [2.45, 2.75) is 12.8 Å². The average Bonchev–Trinajstić information content (AvgIpc) is 2.39. The quantitative estimate of drug-likeness (QED) is 0.799. The van der Waals surface area contributed by atoms with Gasteiger partial charge in [-0.25, -0.2) is 0 Å². The van der Waals surface area contributed by atoms with Gasteiger partial charge < -0.3 is 16.4 Å². The second-order valence-corrected chi connectivity index (χ2v) is 4.98. The molecule has 5 heteroatoms. The molecule has 0 saturated carbocycles. The van der Waals surface area contributed by atoms with Gasteiger partial charge in [-0.2, -0.15) is 0 Å². The molecule has 1 aromatic carbocycles. The van der Waals surface area contributed by atoms with Gasteiger partial charge in [-0.15, -0.1) is 0 Å². The second kappa shape index (κ2) is 5.35. The first-order valence-corrected chi connectivity index (χ1v) is 6.43. The van der Waals surface area contributed by atoms with Crippen LogP contribution in [-0.2, 0) is 4.79 Å². The van der Waals surface area contributed by atoms with Crippen LogP contribution in [0, 0.1) is 5.92 Å². The molecular formula is C13H17N3OS. The summed E-state index contributed by atoms with van der Waals surface area (Å²) in [4.78, 5) is 13.8. The van der Waals surface area contributed by atoms with Crippen LogP contribution in [0.25, 0.3) is 0 Å². The zero-order valence-corrected chi connectivity index (χ0v) is 11.0. The van der Waals surface area contributed by atoms with Crippen molar-refractivity contribution in [2.24, 2.45) is 17.4 Å². The summed E-state index contributed by atoms with van der Waals surface area (Å²) < 4.78 is 0. The SMILES string of the molecule is NC(=O)C1CCN(c2ccccc2C(N)=S)CC1. The normalized spacial score (nSPS) is 16.6. The average molecular weight is 263 g/mol. The minimum Gasteiger partial charge on any atom is -0.389 e. The lowest BCUT2D eigenvalue weighted by molar-refractivity contribution is -0.122. The number of carbonyl (C=O) groups is 1. The highest BCUT2D eigenvalue weighted by atomic mass is 32.1. The first kappa shape index (κ1) is 12.8. The number of piperidine rings is 1. The monoisotopic (exact) mass is 263 g/mol. The van der Waals surface area contributed by atoms with Gasteiger partial charge >= 0.3 is 0 Å². The molecule has 1 saturated heterocycles. The van der Waals surface area contributed by atoms with Crippen molar-refractivity contribution in [3.63, 3.8) is 0 Å². The van der Waals surface area contributed by atoms with Gasteiger partial charge in [-0.05, 0) is 25.0 Å². The van der Waals surface area contributed by atoms with Crippen LogP contribution in [0.4, 0.5) is 5.69 Å². The fraction of sp³-hybridized carbons (Fsp3) is 0.385. The van der Waals surface area contributed by atoms with E-state index in [1.165, 1.54) is 0 Å². The van der Waals surface area contributed by atoms with Gasteiger partial charge in [0.15, 0.2) is 0 Å². The van der Waals surface area contributed by atoms with Crippen molar-refractivity contribution in [3.8, 4) is 0 Å². The number of nitrogens with two attached hydrogens (primary N) is 2. The van der Waals surface area contributed by atoms with E-state index in [9.17, 15) is 4.79 Å².